The number of pyridine rings is 1. The second-order valence-corrected chi connectivity index (χ2v) is 23.6. The summed E-state index contributed by atoms with van der Waals surface area (Å²) in [5.74, 6) is 0.540. The standard InChI is InChI=1S/C55H61N9O7S2/c1-29-32(4)73-51-44(29)45(59-40(21-43(66)70-9)48-62-61-33(5)64(48)51)36-14-12-35(13-15-36)38-18-19-42(56-22-38)71-27-54-24-55(25-54,26-54)52(69)60-47(53(6,7)8)50(68)63-23-39(65)20-41(63)49(67)58-30(2)34-10-16-37(17-11-34)46-31(3)57-28-72-46/h10-19,22,28,30,39-41,47,65H,20-21,23-27H2,1-9H3,(H,58,67)(H,60,69)/t30-,39+,40-,41-,47?,54?,55?/m0/s1. The molecule has 73 heavy (non-hydrogen) atoms. The van der Waals surface area contributed by atoms with Gasteiger partial charge in [-0.1, -0.05) is 69.3 Å². The van der Waals surface area contributed by atoms with Gasteiger partial charge in [0.2, 0.25) is 23.6 Å². The van der Waals surface area contributed by atoms with Crippen LogP contribution in [0.1, 0.15) is 116 Å². The molecule has 6 aromatic rings. The number of hydrogen-bond donors (Lipinski definition) is 3. The number of ether oxygens (including phenoxy) is 2. The van der Waals surface area contributed by atoms with Gasteiger partial charge in [0.15, 0.2) is 5.82 Å². The van der Waals surface area contributed by atoms with E-state index >= 15 is 0 Å². The van der Waals surface area contributed by atoms with Crippen LogP contribution in [0.25, 0.3) is 26.6 Å². The molecule has 0 spiro atoms. The predicted molar refractivity (Wildman–Crippen MR) is 279 cm³/mol. The van der Waals surface area contributed by atoms with Crippen molar-refractivity contribution in [2.24, 2.45) is 21.2 Å². The van der Waals surface area contributed by atoms with Crippen molar-refractivity contribution < 1.29 is 33.8 Å². The molecule has 3 amide bonds. The van der Waals surface area contributed by atoms with Crippen LogP contribution in [0.5, 0.6) is 5.88 Å². The fourth-order valence-electron chi connectivity index (χ4n) is 11.1. The number of nitrogens with one attached hydrogen (secondary N) is 2. The van der Waals surface area contributed by atoms with Gasteiger partial charge < -0.3 is 30.1 Å². The maximum atomic E-state index is 14.4. The van der Waals surface area contributed by atoms with E-state index in [9.17, 15) is 24.3 Å². The molecular formula is C55H61N9O7S2. The van der Waals surface area contributed by atoms with Crippen LogP contribution >= 0.6 is 22.7 Å². The van der Waals surface area contributed by atoms with Crippen LogP contribution in [0.15, 0.2) is 77.4 Å². The van der Waals surface area contributed by atoms with E-state index in [0.717, 1.165) is 70.9 Å². The van der Waals surface area contributed by atoms with Crippen molar-refractivity contribution in [3.05, 3.63) is 117 Å². The Morgan fingerprint density at radius 3 is 2.22 bits per heavy atom. The van der Waals surface area contributed by atoms with Crippen LogP contribution in [-0.2, 0) is 23.9 Å². The molecule has 3 saturated carbocycles. The highest BCUT2D eigenvalue weighted by atomic mass is 32.1. The number of fused-ring (bicyclic) bond motifs is 3. The minimum atomic E-state index is -0.910. The Kier molecular flexibility index (Phi) is 13.0. The topological polar surface area (TPSA) is 203 Å². The lowest BCUT2D eigenvalue weighted by Gasteiger charge is -2.69. The number of methoxy groups -OCH3 is 1. The van der Waals surface area contributed by atoms with Crippen LogP contribution in [-0.4, -0.2) is 103 Å². The highest BCUT2D eigenvalue weighted by molar-refractivity contribution is 7.15. The molecule has 0 radical (unpaired) electrons. The third-order valence-corrected chi connectivity index (χ3v) is 17.4. The quantitative estimate of drug-likeness (QED) is 0.0890. The zero-order valence-corrected chi connectivity index (χ0v) is 44.2. The molecule has 4 aromatic heterocycles. The molecule has 5 atom stereocenters. The number of esters is 1. The Balaban J connectivity index is 0.747. The first-order valence-corrected chi connectivity index (χ1v) is 26.4. The smallest absolute Gasteiger partial charge is 0.308 e. The molecule has 3 N–H and O–H groups in total. The maximum absolute atomic E-state index is 14.4. The summed E-state index contributed by atoms with van der Waals surface area (Å²) in [5, 5.41) is 26.7. The van der Waals surface area contributed by atoms with E-state index in [1.807, 2.05) is 112 Å². The molecule has 1 saturated heterocycles. The zero-order valence-electron chi connectivity index (χ0n) is 42.6. The first-order valence-electron chi connectivity index (χ1n) is 24.7. The van der Waals surface area contributed by atoms with Crippen LogP contribution in [0.2, 0.25) is 0 Å². The fourth-order valence-corrected chi connectivity index (χ4v) is 13.2. The Bertz CT molecular complexity index is 3130. The van der Waals surface area contributed by atoms with Crippen LogP contribution in [0.3, 0.4) is 0 Å². The Morgan fingerprint density at radius 1 is 0.890 bits per heavy atom. The molecule has 1 unspecified atom stereocenters. The van der Waals surface area contributed by atoms with Crippen LogP contribution in [0.4, 0.5) is 0 Å². The molecule has 6 heterocycles. The summed E-state index contributed by atoms with van der Waals surface area (Å²) in [7, 11) is 1.37. The summed E-state index contributed by atoms with van der Waals surface area (Å²) >= 11 is 3.24. The summed E-state index contributed by atoms with van der Waals surface area (Å²) in [4.78, 5) is 72.7. The number of amides is 3. The number of likely N-dealkylation sites (tertiary alicyclic amines) is 1. The van der Waals surface area contributed by atoms with E-state index in [0.29, 0.717) is 37.6 Å². The highest BCUT2D eigenvalue weighted by Crippen LogP contribution is 2.73. The number of benzene rings is 2. The van der Waals surface area contributed by atoms with Gasteiger partial charge in [0, 0.05) is 52.2 Å². The van der Waals surface area contributed by atoms with E-state index in [4.69, 9.17) is 14.5 Å². The third kappa shape index (κ3) is 9.26. The molecule has 2 aromatic carbocycles. The fraction of sp³-hybridized carbons (Fsp3) is 0.436. The zero-order chi connectivity index (χ0) is 51.7. The number of aliphatic imine (C=N–C) groups is 1. The Morgan fingerprint density at radius 2 is 1.58 bits per heavy atom. The average molecular weight is 1020 g/mol. The van der Waals surface area contributed by atoms with Gasteiger partial charge >= 0.3 is 5.97 Å². The van der Waals surface area contributed by atoms with Crippen molar-refractivity contribution in [3.63, 3.8) is 0 Å². The van der Waals surface area contributed by atoms with Crippen molar-refractivity contribution in [2.45, 2.75) is 118 Å². The number of nitrogens with zero attached hydrogens (tertiary/aromatic N) is 7. The lowest BCUT2D eigenvalue weighted by Crippen LogP contribution is -2.71. The highest BCUT2D eigenvalue weighted by Gasteiger charge is 2.72. The average Bonchev–Trinajstić information content (AvgIpc) is 4.11. The SMILES string of the molecule is COC(=O)C[C@@H]1N=C(c2ccc(-c3ccc(OCC45CC(C(=O)NC(C(=O)N6C[C@H](O)C[C@H]6C(=O)N[C@@H](C)c6ccc(-c7scnc7C)cc6)C(C)(C)C)(C4)C5)nc3)cc2)c2c(sc(C)c2C)-n2c(C)nnc21. The molecule has 5 aliphatic rings. The molecule has 16 nitrogen and oxygen atoms in total. The van der Waals surface area contributed by atoms with E-state index in [2.05, 4.69) is 44.6 Å². The Hall–Kier alpha value is -6.63. The summed E-state index contributed by atoms with van der Waals surface area (Å²) < 4.78 is 13.3. The number of carbonyl (C=O) groups excluding carboxylic acids is 4. The van der Waals surface area contributed by atoms with Crippen molar-refractivity contribution in [1.29, 1.82) is 0 Å². The number of thiophene rings is 1. The van der Waals surface area contributed by atoms with Gasteiger partial charge in [-0.3, -0.25) is 28.7 Å². The second-order valence-electron chi connectivity index (χ2n) is 21.5. The second kappa shape index (κ2) is 19.0. The monoisotopic (exact) mass is 1020 g/mol. The molecule has 4 fully saturated rings. The predicted octanol–water partition coefficient (Wildman–Crippen LogP) is 8.12. The van der Waals surface area contributed by atoms with E-state index < -0.39 is 35.1 Å². The number of aryl methyl sites for hydroxylation is 3. The lowest BCUT2D eigenvalue weighted by atomic mass is 9.35. The first-order chi connectivity index (χ1) is 34.8. The summed E-state index contributed by atoms with van der Waals surface area (Å²) in [6.07, 6.45) is 2.97. The van der Waals surface area contributed by atoms with Gasteiger partial charge in [0.05, 0.1) is 59.5 Å². The minimum absolute atomic E-state index is 0.00360. The number of β-amino-alcohol motifs (C(OH)–C–C–N with tert-alkyl or cyclic N) is 1. The third-order valence-electron chi connectivity index (χ3n) is 15.2. The number of thiazole rings is 1. The van der Waals surface area contributed by atoms with Crippen LogP contribution in [0, 0.1) is 43.9 Å². The van der Waals surface area contributed by atoms with Crippen LogP contribution < -0.4 is 15.4 Å². The van der Waals surface area contributed by atoms with E-state index in [1.165, 1.54) is 12.0 Å². The van der Waals surface area contributed by atoms with Gasteiger partial charge in [-0.25, -0.2) is 9.97 Å². The maximum Gasteiger partial charge on any atom is 0.308 e. The van der Waals surface area contributed by atoms with Gasteiger partial charge in [-0.2, -0.15) is 0 Å². The summed E-state index contributed by atoms with van der Waals surface area (Å²) in [6, 6.07) is 17.3. The number of carbonyl (C=O) groups is 4. The summed E-state index contributed by atoms with van der Waals surface area (Å²) in [6.45, 7) is 16.1. The van der Waals surface area contributed by atoms with E-state index in [1.54, 1.807) is 28.9 Å². The van der Waals surface area contributed by atoms with Crippen molar-refractivity contribution in [3.8, 4) is 32.4 Å². The van der Waals surface area contributed by atoms with E-state index in [-0.39, 0.29) is 54.5 Å². The molecule has 3 aliphatic carbocycles. The van der Waals surface area contributed by atoms with Crippen molar-refractivity contribution >= 4 is 52.1 Å². The van der Waals surface area contributed by atoms with Crippen molar-refractivity contribution in [1.82, 2.24) is 40.3 Å². The molecular weight excluding hydrogens is 963 g/mol. The van der Waals surface area contributed by atoms with Gasteiger partial charge in [0.25, 0.3) is 0 Å². The molecule has 18 heteroatoms. The Labute approximate surface area is 432 Å². The van der Waals surface area contributed by atoms with Crippen molar-refractivity contribution in [2.75, 3.05) is 20.3 Å². The lowest BCUT2D eigenvalue weighted by molar-refractivity contribution is -0.218. The normalized spacial score (nSPS) is 22.6. The largest absolute Gasteiger partial charge is 0.477 e. The first kappa shape index (κ1) is 49.9. The number of rotatable bonds is 14. The number of aliphatic hydroxyl groups excluding tert-OH is 1. The molecule has 2 bridgehead atoms. The van der Waals surface area contributed by atoms with Gasteiger partial charge in [-0.05, 0) is 87.6 Å². The number of aromatic nitrogens is 5. The summed E-state index contributed by atoms with van der Waals surface area (Å²) in [5.41, 5.74) is 9.01. The molecule has 2 aliphatic heterocycles. The molecule has 380 valence electrons. The number of aliphatic hydroxyl groups is 1. The number of hydrogen-bond acceptors (Lipinski definition) is 14. The van der Waals surface area contributed by atoms with Gasteiger partial charge in [-0.15, -0.1) is 32.9 Å². The minimum Gasteiger partial charge on any atom is -0.477 e. The van der Waals surface area contributed by atoms with Gasteiger partial charge in [0.1, 0.15) is 29.0 Å². The molecule has 11 rings (SSSR count).